The number of hydrogen-bond acceptors (Lipinski definition) is 11. The lowest BCUT2D eigenvalue weighted by Crippen LogP contribution is -2.34. The van der Waals surface area contributed by atoms with Crippen molar-refractivity contribution in [1.29, 1.82) is 0 Å². The summed E-state index contributed by atoms with van der Waals surface area (Å²) in [6, 6.07) is 8.01. The molecule has 0 saturated carbocycles. The Morgan fingerprint density at radius 3 is 2.68 bits per heavy atom. The van der Waals surface area contributed by atoms with Crippen molar-refractivity contribution in [2.75, 3.05) is 31.6 Å². The van der Waals surface area contributed by atoms with Crippen molar-refractivity contribution in [3.05, 3.63) is 60.4 Å². The number of oxime groups is 1. The highest BCUT2D eigenvalue weighted by atomic mass is 19.1. The number of rotatable bonds is 12. The monoisotopic (exact) mass is 651 g/mol. The molecule has 1 saturated heterocycles. The first kappa shape index (κ1) is 33.3. The number of anilines is 1. The summed E-state index contributed by atoms with van der Waals surface area (Å²) in [7, 11) is 1.66. The molecule has 0 unspecified atom stereocenters. The van der Waals surface area contributed by atoms with E-state index >= 15 is 4.39 Å². The Kier molecular flexibility index (Phi) is 10.3. The summed E-state index contributed by atoms with van der Waals surface area (Å²) in [6.07, 6.45) is 4.74. The molecule has 2 atom stereocenters. The number of pyridine rings is 1. The number of cyclic esters (lactones) is 1. The zero-order chi connectivity index (χ0) is 33.6. The lowest BCUT2D eigenvalue weighted by molar-refractivity contribution is -0.147. The van der Waals surface area contributed by atoms with Crippen molar-refractivity contribution in [2.45, 2.75) is 70.8 Å². The van der Waals surface area contributed by atoms with Crippen LogP contribution >= 0.6 is 0 Å². The van der Waals surface area contributed by atoms with Crippen molar-refractivity contribution in [1.82, 2.24) is 24.9 Å². The van der Waals surface area contributed by atoms with E-state index in [4.69, 9.17) is 19.0 Å². The molecule has 0 radical (unpaired) electrons. The topological polar surface area (TPSA) is 151 Å². The predicted octanol–water partition coefficient (Wildman–Crippen LogP) is 4.58. The van der Waals surface area contributed by atoms with Crippen LogP contribution in [-0.4, -0.2) is 93.3 Å². The molecular formula is C32H38FN7O7. The van der Waals surface area contributed by atoms with Gasteiger partial charge in [-0.3, -0.25) is 14.7 Å². The summed E-state index contributed by atoms with van der Waals surface area (Å²) in [5.74, 6) is -0.867. The maximum absolute atomic E-state index is 15.2. The number of nitrogens with zero attached hydrogens (tertiary/aromatic N) is 7. The van der Waals surface area contributed by atoms with E-state index in [1.165, 1.54) is 22.1 Å². The fraction of sp³-hybridized carbons (Fsp3) is 0.469. The summed E-state index contributed by atoms with van der Waals surface area (Å²) in [6.45, 7) is 6.55. The van der Waals surface area contributed by atoms with E-state index in [0.29, 0.717) is 60.6 Å². The normalized spacial score (nSPS) is 17.6. The zero-order valence-electron chi connectivity index (χ0n) is 26.8. The van der Waals surface area contributed by atoms with Crippen LogP contribution in [0.25, 0.3) is 11.1 Å². The number of hydrogen-bond donors (Lipinski definition) is 0. The van der Waals surface area contributed by atoms with Crippen LogP contribution in [0.4, 0.5) is 19.7 Å². The Hall–Kier alpha value is -5.08. The fourth-order valence-electron chi connectivity index (χ4n) is 4.97. The van der Waals surface area contributed by atoms with Crippen molar-refractivity contribution in [3.63, 3.8) is 0 Å². The molecular weight excluding hydrogens is 613 g/mol. The third kappa shape index (κ3) is 9.01. The molecule has 0 spiro atoms. The van der Waals surface area contributed by atoms with Crippen LogP contribution in [0.1, 0.15) is 52.1 Å². The average molecular weight is 652 g/mol. The molecule has 4 heterocycles. The SMILES string of the molecule is CN(CCCCC(=O)OC[C@@H]1CC(c2ccc(-c3ccc(N4C[C@H](Cn5ccnn5)OC4=O)cc3F)cn2)=NO1)C(=O)OC(C)(C)C. The quantitative estimate of drug-likeness (QED) is 0.155. The van der Waals surface area contributed by atoms with Gasteiger partial charge in [-0.25, -0.2) is 18.7 Å². The minimum atomic E-state index is -0.562. The number of carbonyl (C=O) groups excluding carboxylic acids is 3. The molecule has 0 bridgehead atoms. The maximum atomic E-state index is 15.2. The molecule has 1 fully saturated rings. The second kappa shape index (κ2) is 14.6. The third-order valence-corrected chi connectivity index (χ3v) is 7.36. The molecule has 2 aliphatic heterocycles. The number of amides is 2. The Labute approximate surface area is 271 Å². The standard InChI is InChI=1S/C32H38FN7O7/c1-32(2,3)46-30(42)38(4)13-6-5-7-29(41)44-20-23-16-28(36-47-23)27-11-8-21(17-34-27)25-10-9-22(15-26(25)33)40-19-24(45-31(40)43)18-39-14-12-35-37-39/h8-12,14-15,17,23-24H,5-7,13,16,18-20H2,1-4H3/t23-,24-/m0/s1. The number of unbranched alkanes of at least 4 members (excludes halogenated alkanes) is 1. The second-order valence-electron chi connectivity index (χ2n) is 12.3. The van der Waals surface area contributed by atoms with Gasteiger partial charge in [0.1, 0.15) is 29.8 Å². The minimum absolute atomic E-state index is 0.0467. The largest absolute Gasteiger partial charge is 0.462 e. The molecule has 14 nitrogen and oxygen atoms in total. The molecule has 0 N–H and O–H groups in total. The average Bonchev–Trinajstić information content (AvgIpc) is 3.79. The minimum Gasteiger partial charge on any atom is -0.462 e. The Morgan fingerprint density at radius 2 is 1.98 bits per heavy atom. The van der Waals surface area contributed by atoms with Crippen LogP contribution in [0.2, 0.25) is 0 Å². The highest BCUT2D eigenvalue weighted by Crippen LogP contribution is 2.29. The number of halogens is 1. The van der Waals surface area contributed by atoms with E-state index < -0.39 is 35.8 Å². The van der Waals surface area contributed by atoms with E-state index in [9.17, 15) is 14.4 Å². The van der Waals surface area contributed by atoms with Crippen LogP contribution in [0.5, 0.6) is 0 Å². The van der Waals surface area contributed by atoms with Gasteiger partial charge in [-0.15, -0.1) is 5.10 Å². The Balaban J connectivity index is 1.05. The first-order chi connectivity index (χ1) is 22.4. The number of carbonyl (C=O) groups is 3. The van der Waals surface area contributed by atoms with Crippen LogP contribution in [0.3, 0.4) is 0 Å². The first-order valence-electron chi connectivity index (χ1n) is 15.4. The lowest BCUT2D eigenvalue weighted by Gasteiger charge is -2.24. The molecule has 0 aliphatic carbocycles. The molecule has 3 aromatic rings. The number of aromatic nitrogens is 4. The second-order valence-corrected chi connectivity index (χ2v) is 12.3. The molecule has 1 aromatic carbocycles. The van der Waals surface area contributed by atoms with Gasteiger partial charge in [-0.05, 0) is 57.9 Å². The van der Waals surface area contributed by atoms with Crippen molar-refractivity contribution >= 4 is 29.6 Å². The molecule has 2 aromatic heterocycles. The van der Waals surface area contributed by atoms with Gasteiger partial charge < -0.3 is 23.9 Å². The van der Waals surface area contributed by atoms with Gasteiger partial charge in [0, 0.05) is 50.0 Å². The highest BCUT2D eigenvalue weighted by Gasteiger charge is 2.33. The predicted molar refractivity (Wildman–Crippen MR) is 167 cm³/mol. The van der Waals surface area contributed by atoms with E-state index in [2.05, 4.69) is 20.5 Å². The van der Waals surface area contributed by atoms with Gasteiger partial charge in [0.25, 0.3) is 0 Å². The lowest BCUT2D eigenvalue weighted by atomic mass is 10.0. The van der Waals surface area contributed by atoms with Gasteiger partial charge in [0.15, 0.2) is 6.10 Å². The molecule has 250 valence electrons. The summed E-state index contributed by atoms with van der Waals surface area (Å²) in [4.78, 5) is 49.4. The zero-order valence-corrected chi connectivity index (χ0v) is 26.8. The number of benzene rings is 1. The summed E-state index contributed by atoms with van der Waals surface area (Å²) >= 11 is 0. The van der Waals surface area contributed by atoms with Crippen molar-refractivity contribution < 1.29 is 37.8 Å². The molecule has 47 heavy (non-hydrogen) atoms. The third-order valence-electron chi connectivity index (χ3n) is 7.36. The van der Waals surface area contributed by atoms with Gasteiger partial charge in [0.05, 0.1) is 30.7 Å². The summed E-state index contributed by atoms with van der Waals surface area (Å²) in [5, 5.41) is 11.7. The first-order valence-corrected chi connectivity index (χ1v) is 15.4. The smallest absolute Gasteiger partial charge is 0.414 e. The van der Waals surface area contributed by atoms with E-state index in [1.807, 2.05) is 20.8 Å². The van der Waals surface area contributed by atoms with Crippen molar-refractivity contribution in [2.24, 2.45) is 5.16 Å². The number of ether oxygens (including phenoxy) is 3. The van der Waals surface area contributed by atoms with Crippen LogP contribution < -0.4 is 4.90 Å². The van der Waals surface area contributed by atoms with E-state index in [1.54, 1.807) is 48.4 Å². The van der Waals surface area contributed by atoms with Crippen molar-refractivity contribution in [3.8, 4) is 11.1 Å². The summed E-state index contributed by atoms with van der Waals surface area (Å²) < 4.78 is 32.9. The Morgan fingerprint density at radius 1 is 1.15 bits per heavy atom. The molecule has 2 aliphatic rings. The van der Waals surface area contributed by atoms with Gasteiger partial charge in [-0.2, -0.15) is 0 Å². The molecule has 2 amide bonds. The van der Waals surface area contributed by atoms with Gasteiger partial charge in [-0.1, -0.05) is 16.4 Å². The van der Waals surface area contributed by atoms with E-state index in [0.717, 1.165) is 0 Å². The molecule has 5 rings (SSSR count). The number of esters is 1. The van der Waals surface area contributed by atoms with Gasteiger partial charge in [0.2, 0.25) is 0 Å². The molecule has 15 heteroatoms. The Bertz CT molecular complexity index is 1590. The fourth-order valence-corrected chi connectivity index (χ4v) is 4.97. The van der Waals surface area contributed by atoms with Gasteiger partial charge >= 0.3 is 18.2 Å². The van der Waals surface area contributed by atoms with Crippen LogP contribution in [0.15, 0.2) is 54.1 Å². The van der Waals surface area contributed by atoms with Crippen LogP contribution in [-0.2, 0) is 30.4 Å². The summed E-state index contributed by atoms with van der Waals surface area (Å²) in [5.41, 5.74) is 1.85. The van der Waals surface area contributed by atoms with Crippen LogP contribution in [0, 0.1) is 5.82 Å². The maximum Gasteiger partial charge on any atom is 0.414 e. The van der Waals surface area contributed by atoms with E-state index in [-0.39, 0.29) is 25.5 Å². The highest BCUT2D eigenvalue weighted by molar-refractivity contribution is 5.99.